The molecule has 0 saturated carbocycles. The Labute approximate surface area is 92.2 Å². The number of halogens is 1. The SMILES string of the molecule is CCOC(=O)C(F)Oc1cccc(C#N)c1. The van der Waals surface area contributed by atoms with E-state index in [-0.39, 0.29) is 12.4 Å². The van der Waals surface area contributed by atoms with E-state index >= 15 is 0 Å². The predicted molar refractivity (Wildman–Crippen MR) is 53.3 cm³/mol. The van der Waals surface area contributed by atoms with E-state index in [0.717, 1.165) is 0 Å². The Morgan fingerprint density at radius 1 is 1.62 bits per heavy atom. The molecule has 84 valence electrons. The van der Waals surface area contributed by atoms with Crippen LogP contribution < -0.4 is 4.74 Å². The van der Waals surface area contributed by atoms with Crippen molar-refractivity contribution in [3.63, 3.8) is 0 Å². The summed E-state index contributed by atoms with van der Waals surface area (Å²) >= 11 is 0. The standard InChI is InChI=1S/C11H10FNO3/c1-2-15-11(14)10(12)16-9-5-3-4-8(6-9)7-13/h3-6,10H,2H2,1H3. The fourth-order valence-electron chi connectivity index (χ4n) is 1.01. The Kier molecular flexibility index (Phi) is 4.28. The van der Waals surface area contributed by atoms with Gasteiger partial charge in [-0.2, -0.15) is 9.65 Å². The van der Waals surface area contributed by atoms with E-state index in [0.29, 0.717) is 5.56 Å². The fraction of sp³-hybridized carbons (Fsp3) is 0.273. The smallest absolute Gasteiger partial charge is 0.381 e. The molecule has 1 aromatic carbocycles. The summed E-state index contributed by atoms with van der Waals surface area (Å²) in [7, 11) is 0. The number of hydrogen-bond donors (Lipinski definition) is 0. The molecule has 4 nitrogen and oxygen atoms in total. The van der Waals surface area contributed by atoms with Crippen LogP contribution in [-0.2, 0) is 9.53 Å². The predicted octanol–water partition coefficient (Wildman–Crippen LogP) is 1.80. The van der Waals surface area contributed by atoms with Gasteiger partial charge in [-0.15, -0.1) is 0 Å². The van der Waals surface area contributed by atoms with Gasteiger partial charge < -0.3 is 9.47 Å². The van der Waals surface area contributed by atoms with Crippen molar-refractivity contribution in [3.05, 3.63) is 29.8 Å². The summed E-state index contributed by atoms with van der Waals surface area (Å²) in [5.74, 6) is -0.968. The van der Waals surface area contributed by atoms with Gasteiger partial charge in [0.15, 0.2) is 0 Å². The molecular weight excluding hydrogens is 213 g/mol. The average Bonchev–Trinajstić information content (AvgIpc) is 2.29. The summed E-state index contributed by atoms with van der Waals surface area (Å²) in [6.45, 7) is 1.65. The zero-order valence-corrected chi connectivity index (χ0v) is 8.64. The van der Waals surface area contributed by atoms with Crippen LogP contribution in [0.25, 0.3) is 0 Å². The first kappa shape index (κ1) is 12.0. The van der Waals surface area contributed by atoms with Crippen molar-refractivity contribution in [3.8, 4) is 11.8 Å². The molecule has 0 fully saturated rings. The van der Waals surface area contributed by atoms with E-state index in [4.69, 9.17) is 5.26 Å². The zero-order valence-electron chi connectivity index (χ0n) is 8.64. The van der Waals surface area contributed by atoms with Crippen LogP contribution in [0, 0.1) is 11.3 Å². The van der Waals surface area contributed by atoms with E-state index in [9.17, 15) is 9.18 Å². The van der Waals surface area contributed by atoms with Crippen LogP contribution in [0.1, 0.15) is 12.5 Å². The minimum Gasteiger partial charge on any atom is -0.461 e. The molecule has 0 aromatic heterocycles. The Bertz CT molecular complexity index is 414. The van der Waals surface area contributed by atoms with E-state index in [2.05, 4.69) is 9.47 Å². The number of ether oxygens (including phenoxy) is 2. The van der Waals surface area contributed by atoms with Crippen LogP contribution in [0.5, 0.6) is 5.75 Å². The molecule has 1 aromatic rings. The number of benzene rings is 1. The summed E-state index contributed by atoms with van der Waals surface area (Å²) in [4.78, 5) is 10.9. The summed E-state index contributed by atoms with van der Waals surface area (Å²) in [6.07, 6.45) is -2.17. The number of carbonyl (C=O) groups excluding carboxylic acids is 1. The van der Waals surface area contributed by atoms with Crippen molar-refractivity contribution in [2.75, 3.05) is 6.61 Å². The highest BCUT2D eigenvalue weighted by atomic mass is 19.1. The van der Waals surface area contributed by atoms with Crippen LogP contribution in [-0.4, -0.2) is 18.9 Å². The molecule has 0 N–H and O–H groups in total. The molecule has 0 aliphatic rings. The number of hydrogen-bond acceptors (Lipinski definition) is 4. The van der Waals surface area contributed by atoms with E-state index in [1.54, 1.807) is 13.0 Å². The molecule has 1 atom stereocenters. The van der Waals surface area contributed by atoms with Crippen molar-refractivity contribution in [1.82, 2.24) is 0 Å². The maximum absolute atomic E-state index is 13.1. The first-order valence-corrected chi connectivity index (χ1v) is 4.65. The van der Waals surface area contributed by atoms with E-state index in [1.807, 2.05) is 6.07 Å². The molecule has 0 bridgehead atoms. The van der Waals surface area contributed by atoms with Crippen LogP contribution in [0.15, 0.2) is 24.3 Å². The number of rotatable bonds is 4. The maximum atomic E-state index is 13.1. The highest BCUT2D eigenvalue weighted by Gasteiger charge is 2.20. The third-order valence-electron chi connectivity index (χ3n) is 1.67. The molecule has 0 saturated heterocycles. The van der Waals surface area contributed by atoms with E-state index in [1.165, 1.54) is 18.2 Å². The third kappa shape index (κ3) is 3.24. The quantitative estimate of drug-likeness (QED) is 0.730. The summed E-state index contributed by atoms with van der Waals surface area (Å²) in [5, 5.41) is 8.60. The molecular formula is C11H10FNO3. The lowest BCUT2D eigenvalue weighted by molar-refractivity contribution is -0.159. The first-order valence-electron chi connectivity index (χ1n) is 4.65. The summed E-state index contributed by atoms with van der Waals surface area (Å²) in [5.41, 5.74) is 0.327. The van der Waals surface area contributed by atoms with Gasteiger partial charge >= 0.3 is 12.3 Å². The second-order valence-electron chi connectivity index (χ2n) is 2.83. The highest BCUT2D eigenvalue weighted by molar-refractivity contribution is 5.73. The van der Waals surface area contributed by atoms with Crippen molar-refractivity contribution in [1.29, 1.82) is 5.26 Å². The van der Waals surface area contributed by atoms with Crippen molar-refractivity contribution in [2.24, 2.45) is 0 Å². The Morgan fingerprint density at radius 3 is 3.00 bits per heavy atom. The molecule has 0 aliphatic carbocycles. The van der Waals surface area contributed by atoms with Gasteiger partial charge in [-0.25, -0.2) is 4.79 Å². The van der Waals surface area contributed by atoms with E-state index < -0.39 is 12.3 Å². The Balaban J connectivity index is 2.66. The van der Waals surface area contributed by atoms with Crippen LogP contribution in [0.3, 0.4) is 0 Å². The monoisotopic (exact) mass is 223 g/mol. The second-order valence-corrected chi connectivity index (χ2v) is 2.83. The molecule has 0 aliphatic heterocycles. The van der Waals surface area contributed by atoms with Gasteiger partial charge in [0.1, 0.15) is 5.75 Å². The van der Waals surface area contributed by atoms with Gasteiger partial charge in [-0.3, -0.25) is 0 Å². The van der Waals surface area contributed by atoms with Gasteiger partial charge in [-0.05, 0) is 25.1 Å². The largest absolute Gasteiger partial charge is 0.461 e. The van der Waals surface area contributed by atoms with Crippen LogP contribution in [0.2, 0.25) is 0 Å². The highest BCUT2D eigenvalue weighted by Crippen LogP contribution is 2.15. The van der Waals surface area contributed by atoms with Gasteiger partial charge in [0.2, 0.25) is 0 Å². The molecule has 5 heteroatoms. The molecule has 0 amide bonds. The molecule has 0 radical (unpaired) electrons. The normalized spacial score (nSPS) is 11.3. The van der Waals surface area contributed by atoms with Gasteiger partial charge in [0.05, 0.1) is 18.2 Å². The van der Waals surface area contributed by atoms with Gasteiger partial charge in [0.25, 0.3) is 0 Å². The second kappa shape index (κ2) is 5.71. The number of carbonyl (C=O) groups is 1. The number of esters is 1. The van der Waals surface area contributed by atoms with Crippen LogP contribution in [0.4, 0.5) is 4.39 Å². The van der Waals surface area contributed by atoms with Crippen molar-refractivity contribution < 1.29 is 18.7 Å². The number of alkyl halides is 1. The molecule has 16 heavy (non-hydrogen) atoms. The number of nitrogens with zero attached hydrogens (tertiary/aromatic N) is 1. The molecule has 0 spiro atoms. The topological polar surface area (TPSA) is 59.3 Å². The minimum atomic E-state index is -2.17. The third-order valence-corrected chi connectivity index (χ3v) is 1.67. The first-order chi connectivity index (χ1) is 7.67. The van der Waals surface area contributed by atoms with Gasteiger partial charge in [0, 0.05) is 0 Å². The zero-order chi connectivity index (χ0) is 12.0. The molecule has 1 rings (SSSR count). The molecule has 0 heterocycles. The lowest BCUT2D eigenvalue weighted by Gasteiger charge is -2.10. The lowest BCUT2D eigenvalue weighted by atomic mass is 10.2. The average molecular weight is 223 g/mol. The van der Waals surface area contributed by atoms with Gasteiger partial charge in [-0.1, -0.05) is 6.07 Å². The fourth-order valence-corrected chi connectivity index (χ4v) is 1.01. The Morgan fingerprint density at radius 2 is 2.38 bits per heavy atom. The lowest BCUT2D eigenvalue weighted by Crippen LogP contribution is -2.24. The molecule has 1 unspecified atom stereocenters. The summed E-state index contributed by atoms with van der Waals surface area (Å²) < 4.78 is 22.2. The summed E-state index contributed by atoms with van der Waals surface area (Å²) in [6, 6.07) is 7.75. The van der Waals surface area contributed by atoms with Crippen molar-refractivity contribution in [2.45, 2.75) is 13.3 Å². The van der Waals surface area contributed by atoms with Crippen molar-refractivity contribution >= 4 is 5.97 Å². The maximum Gasteiger partial charge on any atom is 0.381 e. The minimum absolute atomic E-state index is 0.0842. The Hall–Kier alpha value is -2.09. The number of nitriles is 1. The van der Waals surface area contributed by atoms with Crippen LogP contribution >= 0.6 is 0 Å².